The summed E-state index contributed by atoms with van der Waals surface area (Å²) in [5.74, 6) is 3.16. The maximum absolute atomic E-state index is 3.87. The van der Waals surface area contributed by atoms with Gasteiger partial charge in [0, 0.05) is 4.83 Å². The molecule has 0 aromatic heterocycles. The van der Waals surface area contributed by atoms with Gasteiger partial charge in [0.15, 0.2) is 0 Å². The first-order valence-electron chi connectivity index (χ1n) is 6.08. The summed E-state index contributed by atoms with van der Waals surface area (Å²) < 4.78 is 0. The third kappa shape index (κ3) is 4.30. The largest absolute Gasteiger partial charge is 0.165 e. The highest BCUT2D eigenvalue weighted by Gasteiger charge is 2.34. The zero-order chi connectivity index (χ0) is 11.5. The van der Waals surface area contributed by atoms with Gasteiger partial charge in [-0.25, -0.2) is 0 Å². The predicted molar refractivity (Wildman–Crippen MR) is 76.0 cm³/mol. The maximum atomic E-state index is 3.87. The van der Waals surface area contributed by atoms with Gasteiger partial charge in [0.1, 0.15) is 0 Å². The first-order chi connectivity index (χ1) is 6.95. The fourth-order valence-electron chi connectivity index (χ4n) is 2.58. The molecule has 0 saturated heterocycles. The van der Waals surface area contributed by atoms with E-state index in [4.69, 9.17) is 0 Å². The minimum absolute atomic E-state index is 0.505. The Morgan fingerprint density at radius 2 is 1.93 bits per heavy atom. The van der Waals surface area contributed by atoms with Gasteiger partial charge in [-0.2, -0.15) is 11.8 Å². The minimum Gasteiger partial charge on any atom is -0.165 e. The van der Waals surface area contributed by atoms with Gasteiger partial charge in [-0.3, -0.25) is 0 Å². The first kappa shape index (κ1) is 13.9. The molecule has 0 nitrogen and oxygen atoms in total. The van der Waals surface area contributed by atoms with Gasteiger partial charge in [0.2, 0.25) is 0 Å². The molecule has 1 saturated carbocycles. The van der Waals surface area contributed by atoms with Crippen molar-refractivity contribution in [2.24, 2.45) is 17.3 Å². The second-order valence-electron chi connectivity index (χ2n) is 5.93. The van der Waals surface area contributed by atoms with Crippen molar-refractivity contribution in [1.29, 1.82) is 0 Å². The molecule has 0 radical (unpaired) electrons. The number of thioether (sulfide) groups is 1. The van der Waals surface area contributed by atoms with E-state index in [1.807, 2.05) is 11.8 Å². The Hall–Kier alpha value is 0.830. The lowest BCUT2D eigenvalue weighted by atomic mass is 9.68. The molecule has 90 valence electrons. The topological polar surface area (TPSA) is 0 Å². The molecule has 3 atom stereocenters. The minimum atomic E-state index is 0.505. The quantitative estimate of drug-likeness (QED) is 0.662. The first-order valence-corrected chi connectivity index (χ1v) is 8.39. The Balaban J connectivity index is 2.48. The van der Waals surface area contributed by atoms with Crippen LogP contribution in [0.5, 0.6) is 0 Å². The number of halogens is 1. The number of alkyl halides is 1. The van der Waals surface area contributed by atoms with Gasteiger partial charge in [0.05, 0.1) is 0 Å². The lowest BCUT2D eigenvalue weighted by molar-refractivity contribution is 0.145. The molecule has 1 aliphatic rings. The summed E-state index contributed by atoms with van der Waals surface area (Å²) in [4.78, 5) is 0.781. The molecule has 0 aromatic rings. The lowest BCUT2D eigenvalue weighted by Gasteiger charge is -2.40. The lowest BCUT2D eigenvalue weighted by Crippen LogP contribution is -2.32. The monoisotopic (exact) mass is 292 g/mol. The highest BCUT2D eigenvalue weighted by atomic mass is 79.9. The Labute approximate surface area is 108 Å². The van der Waals surface area contributed by atoms with E-state index in [9.17, 15) is 0 Å². The van der Waals surface area contributed by atoms with Crippen LogP contribution in [-0.2, 0) is 0 Å². The molecule has 1 rings (SSSR count). The smallest absolute Gasteiger partial charge is 0.0174 e. The van der Waals surface area contributed by atoms with Crippen molar-refractivity contribution < 1.29 is 0 Å². The molecule has 1 fully saturated rings. The van der Waals surface area contributed by atoms with Crippen LogP contribution in [0, 0.1) is 17.3 Å². The van der Waals surface area contributed by atoms with E-state index < -0.39 is 0 Å². The molecule has 0 aromatic carbocycles. The van der Waals surface area contributed by atoms with Gasteiger partial charge in [0.25, 0.3) is 0 Å². The summed E-state index contributed by atoms with van der Waals surface area (Å²) in [7, 11) is 0. The molecule has 0 amide bonds. The summed E-state index contributed by atoms with van der Waals surface area (Å²) >= 11 is 5.86. The van der Waals surface area contributed by atoms with Crippen LogP contribution in [0.4, 0.5) is 0 Å². The SMILES string of the molecule is CSCCC1CC(C(C)(C)C)CCC1Br. The van der Waals surface area contributed by atoms with E-state index in [0.29, 0.717) is 5.41 Å². The molecule has 15 heavy (non-hydrogen) atoms. The van der Waals surface area contributed by atoms with Gasteiger partial charge >= 0.3 is 0 Å². The van der Waals surface area contributed by atoms with E-state index in [2.05, 4.69) is 43.0 Å². The van der Waals surface area contributed by atoms with Gasteiger partial charge in [-0.15, -0.1) is 0 Å². The van der Waals surface area contributed by atoms with Gasteiger partial charge in [-0.1, -0.05) is 36.7 Å². The van der Waals surface area contributed by atoms with Crippen molar-refractivity contribution >= 4 is 27.7 Å². The molecular formula is C13H25BrS. The average molecular weight is 293 g/mol. The summed E-state index contributed by atoms with van der Waals surface area (Å²) in [6.07, 6.45) is 7.83. The molecule has 0 N–H and O–H groups in total. The van der Waals surface area contributed by atoms with Crippen LogP contribution in [-0.4, -0.2) is 16.8 Å². The second-order valence-corrected chi connectivity index (χ2v) is 8.10. The summed E-state index contributed by atoms with van der Waals surface area (Å²) in [5, 5.41) is 0. The van der Waals surface area contributed by atoms with E-state index in [0.717, 1.165) is 16.7 Å². The highest BCUT2D eigenvalue weighted by Crippen LogP contribution is 2.43. The van der Waals surface area contributed by atoms with E-state index in [1.165, 1.54) is 31.4 Å². The number of hydrogen-bond donors (Lipinski definition) is 0. The maximum Gasteiger partial charge on any atom is 0.0174 e. The van der Waals surface area contributed by atoms with Crippen LogP contribution in [0.15, 0.2) is 0 Å². The zero-order valence-corrected chi connectivity index (χ0v) is 13.0. The van der Waals surface area contributed by atoms with Crippen LogP contribution in [0.2, 0.25) is 0 Å². The Morgan fingerprint density at radius 1 is 1.27 bits per heavy atom. The molecule has 0 heterocycles. The van der Waals surface area contributed by atoms with E-state index >= 15 is 0 Å². The Morgan fingerprint density at radius 3 is 2.47 bits per heavy atom. The summed E-state index contributed by atoms with van der Waals surface area (Å²) in [6.45, 7) is 7.20. The summed E-state index contributed by atoms with van der Waals surface area (Å²) in [6, 6.07) is 0. The van der Waals surface area contributed by atoms with Gasteiger partial charge < -0.3 is 0 Å². The van der Waals surface area contributed by atoms with E-state index in [-0.39, 0.29) is 0 Å². The van der Waals surface area contributed by atoms with Crippen molar-refractivity contribution in [3.63, 3.8) is 0 Å². The number of hydrogen-bond acceptors (Lipinski definition) is 1. The molecular weight excluding hydrogens is 268 g/mol. The van der Waals surface area contributed by atoms with Crippen molar-refractivity contribution in [3.8, 4) is 0 Å². The third-order valence-corrected chi connectivity index (χ3v) is 5.66. The van der Waals surface area contributed by atoms with Crippen LogP contribution < -0.4 is 0 Å². The fourth-order valence-corrected chi connectivity index (χ4v) is 3.86. The standard InChI is InChI=1S/C13H25BrS/c1-13(2,3)11-5-6-12(14)10(9-11)7-8-15-4/h10-12H,5-9H2,1-4H3. The third-order valence-electron chi connectivity index (χ3n) is 3.81. The fraction of sp³-hybridized carbons (Fsp3) is 1.00. The van der Waals surface area contributed by atoms with Crippen LogP contribution in [0.1, 0.15) is 46.5 Å². The molecule has 0 bridgehead atoms. The van der Waals surface area contributed by atoms with E-state index in [1.54, 1.807) is 0 Å². The molecule has 3 unspecified atom stereocenters. The van der Waals surface area contributed by atoms with Crippen molar-refractivity contribution in [3.05, 3.63) is 0 Å². The molecule has 0 aliphatic heterocycles. The highest BCUT2D eigenvalue weighted by molar-refractivity contribution is 9.09. The number of rotatable bonds is 3. The van der Waals surface area contributed by atoms with Crippen molar-refractivity contribution in [2.75, 3.05) is 12.0 Å². The Kier molecular flexibility index (Phi) is 5.51. The molecule has 0 spiro atoms. The van der Waals surface area contributed by atoms with Crippen LogP contribution in [0.3, 0.4) is 0 Å². The van der Waals surface area contributed by atoms with Crippen LogP contribution in [0.25, 0.3) is 0 Å². The zero-order valence-electron chi connectivity index (χ0n) is 10.6. The average Bonchev–Trinajstić information content (AvgIpc) is 2.15. The van der Waals surface area contributed by atoms with Crippen molar-refractivity contribution in [1.82, 2.24) is 0 Å². The predicted octanol–water partition coefficient (Wildman–Crippen LogP) is 4.97. The van der Waals surface area contributed by atoms with Crippen molar-refractivity contribution in [2.45, 2.75) is 51.3 Å². The molecule has 1 aliphatic carbocycles. The van der Waals surface area contributed by atoms with Gasteiger partial charge in [-0.05, 0) is 54.9 Å². The Bertz CT molecular complexity index is 185. The van der Waals surface area contributed by atoms with Crippen LogP contribution >= 0.6 is 27.7 Å². The molecule has 2 heteroatoms. The normalized spacial score (nSPS) is 33.0. The summed E-state index contributed by atoms with van der Waals surface area (Å²) in [5.41, 5.74) is 0.505. The second kappa shape index (κ2) is 5.95.